The lowest BCUT2D eigenvalue weighted by atomic mass is 10.2. The van der Waals surface area contributed by atoms with Crippen LogP contribution >= 0.6 is 24.0 Å². The number of nitrogens with one attached hydrogen (secondary N) is 2. The minimum Gasteiger partial charge on any atom is -0.497 e. The lowest BCUT2D eigenvalue weighted by Crippen LogP contribution is -2.39. The maximum atomic E-state index is 11.4. The molecule has 0 fully saturated rings. The second-order valence-electron chi connectivity index (χ2n) is 4.44. The molecule has 0 saturated heterocycles. The second kappa shape index (κ2) is 10.7. The third-order valence-corrected chi connectivity index (χ3v) is 4.69. The number of benzene rings is 1. The lowest BCUT2D eigenvalue weighted by Gasteiger charge is -2.12. The van der Waals surface area contributed by atoms with Crippen LogP contribution in [-0.4, -0.2) is 46.6 Å². The number of guanidine groups is 1. The third kappa shape index (κ3) is 7.83. The Morgan fingerprint density at radius 2 is 1.86 bits per heavy atom. The van der Waals surface area contributed by atoms with Crippen molar-refractivity contribution in [3.05, 3.63) is 29.8 Å². The first-order valence-corrected chi connectivity index (χ1v) is 8.60. The molecule has 126 valence electrons. The second-order valence-corrected chi connectivity index (χ2v) is 6.91. The largest absolute Gasteiger partial charge is 0.497 e. The molecule has 0 saturated carbocycles. The van der Waals surface area contributed by atoms with Gasteiger partial charge in [-0.2, -0.15) is 0 Å². The molecule has 0 aromatic heterocycles. The van der Waals surface area contributed by atoms with E-state index in [0.717, 1.165) is 11.3 Å². The monoisotopic (exact) mass is 441 g/mol. The smallest absolute Gasteiger partial charge is 0.191 e. The van der Waals surface area contributed by atoms with Gasteiger partial charge in [0.05, 0.1) is 12.9 Å². The number of aliphatic imine (C=N–C) groups is 1. The molecule has 0 heterocycles. The van der Waals surface area contributed by atoms with E-state index in [9.17, 15) is 8.42 Å². The van der Waals surface area contributed by atoms with Gasteiger partial charge in [-0.1, -0.05) is 19.1 Å². The van der Waals surface area contributed by atoms with Gasteiger partial charge in [0.1, 0.15) is 5.75 Å². The molecule has 1 aromatic rings. The zero-order valence-electron chi connectivity index (χ0n) is 13.1. The number of rotatable bonds is 7. The summed E-state index contributed by atoms with van der Waals surface area (Å²) in [6.07, 6.45) is 0. The Morgan fingerprint density at radius 1 is 1.23 bits per heavy atom. The predicted octanol–water partition coefficient (Wildman–Crippen LogP) is 1.41. The first-order valence-electron chi connectivity index (χ1n) is 6.78. The fourth-order valence-corrected chi connectivity index (χ4v) is 2.32. The van der Waals surface area contributed by atoms with Crippen molar-refractivity contribution in [2.45, 2.75) is 13.5 Å². The molecular formula is C14H24IN3O3S. The lowest BCUT2D eigenvalue weighted by molar-refractivity contribution is 0.414. The molecule has 1 rings (SSSR count). The molecule has 0 aliphatic carbocycles. The molecule has 0 unspecified atom stereocenters. The molecule has 0 atom stereocenters. The van der Waals surface area contributed by atoms with E-state index in [0.29, 0.717) is 19.0 Å². The summed E-state index contributed by atoms with van der Waals surface area (Å²) < 4.78 is 27.9. The molecule has 8 heteroatoms. The molecule has 0 amide bonds. The summed E-state index contributed by atoms with van der Waals surface area (Å²) in [5.41, 5.74) is 1.08. The molecule has 0 bridgehead atoms. The first kappa shape index (κ1) is 21.0. The van der Waals surface area contributed by atoms with Crippen molar-refractivity contribution in [3.63, 3.8) is 0 Å². The number of ether oxygens (including phenoxy) is 1. The molecule has 6 nitrogen and oxygen atoms in total. The van der Waals surface area contributed by atoms with Gasteiger partial charge in [0.25, 0.3) is 0 Å². The van der Waals surface area contributed by atoms with Crippen molar-refractivity contribution >= 4 is 39.8 Å². The number of nitrogens with zero attached hydrogens (tertiary/aromatic N) is 1. The summed E-state index contributed by atoms with van der Waals surface area (Å²) in [5, 5.41) is 6.12. The maximum Gasteiger partial charge on any atom is 0.191 e. The van der Waals surface area contributed by atoms with E-state index in [4.69, 9.17) is 4.74 Å². The Kier molecular flexibility index (Phi) is 10.2. The fourth-order valence-electron chi connectivity index (χ4n) is 1.62. The summed E-state index contributed by atoms with van der Waals surface area (Å²) in [6.45, 7) is 2.59. The Labute approximate surface area is 149 Å². The average molecular weight is 441 g/mol. The van der Waals surface area contributed by atoms with Crippen LogP contribution in [0.15, 0.2) is 29.3 Å². The predicted molar refractivity (Wildman–Crippen MR) is 101 cm³/mol. The topological polar surface area (TPSA) is 79.8 Å². The standard InChI is InChI=1S/C14H23N3O3S.HI/c1-4-21(18,19)10-9-16-14(15-2)17-11-12-5-7-13(20-3)8-6-12;/h5-8H,4,9-11H2,1-3H3,(H2,15,16,17);1H. The van der Waals surface area contributed by atoms with Crippen molar-refractivity contribution in [3.8, 4) is 5.75 Å². The van der Waals surface area contributed by atoms with Crippen LogP contribution in [-0.2, 0) is 16.4 Å². The van der Waals surface area contributed by atoms with E-state index in [2.05, 4.69) is 15.6 Å². The molecule has 0 aliphatic rings. The summed E-state index contributed by atoms with van der Waals surface area (Å²) in [4.78, 5) is 4.06. The number of methoxy groups -OCH3 is 1. The van der Waals surface area contributed by atoms with Crippen molar-refractivity contribution in [1.29, 1.82) is 0 Å². The quantitative estimate of drug-likeness (QED) is 0.380. The zero-order chi connectivity index (χ0) is 15.7. The Hall–Kier alpha value is -1.03. The highest BCUT2D eigenvalue weighted by Crippen LogP contribution is 2.10. The number of hydrogen-bond donors (Lipinski definition) is 2. The van der Waals surface area contributed by atoms with Gasteiger partial charge in [0.15, 0.2) is 15.8 Å². The van der Waals surface area contributed by atoms with E-state index in [1.165, 1.54) is 0 Å². The molecule has 22 heavy (non-hydrogen) atoms. The summed E-state index contributed by atoms with van der Waals surface area (Å²) >= 11 is 0. The third-order valence-electron chi connectivity index (χ3n) is 2.99. The van der Waals surface area contributed by atoms with Crippen molar-refractivity contribution in [2.75, 3.05) is 32.2 Å². The number of halogens is 1. The summed E-state index contributed by atoms with van der Waals surface area (Å²) in [6, 6.07) is 7.70. The highest BCUT2D eigenvalue weighted by atomic mass is 127. The summed E-state index contributed by atoms with van der Waals surface area (Å²) in [5.74, 6) is 1.65. The van der Waals surface area contributed by atoms with Gasteiger partial charge in [-0.25, -0.2) is 8.42 Å². The number of hydrogen-bond acceptors (Lipinski definition) is 4. The van der Waals surface area contributed by atoms with Crippen LogP contribution in [0.25, 0.3) is 0 Å². The Balaban J connectivity index is 0.00000441. The van der Waals surface area contributed by atoms with Crippen LogP contribution in [0.5, 0.6) is 5.75 Å². The van der Waals surface area contributed by atoms with Gasteiger partial charge in [0.2, 0.25) is 0 Å². The fraction of sp³-hybridized carbons (Fsp3) is 0.500. The van der Waals surface area contributed by atoms with Gasteiger partial charge < -0.3 is 15.4 Å². The molecule has 2 N–H and O–H groups in total. The van der Waals surface area contributed by atoms with Crippen LogP contribution < -0.4 is 15.4 Å². The molecule has 0 radical (unpaired) electrons. The van der Waals surface area contributed by atoms with Gasteiger partial charge in [-0.05, 0) is 17.7 Å². The highest BCUT2D eigenvalue weighted by molar-refractivity contribution is 14.0. The first-order chi connectivity index (χ1) is 10.0. The van der Waals surface area contributed by atoms with E-state index in [1.54, 1.807) is 21.1 Å². The van der Waals surface area contributed by atoms with Crippen molar-refractivity contribution in [2.24, 2.45) is 4.99 Å². The van der Waals surface area contributed by atoms with Crippen LogP contribution in [0.2, 0.25) is 0 Å². The van der Waals surface area contributed by atoms with Crippen molar-refractivity contribution in [1.82, 2.24) is 10.6 Å². The van der Waals surface area contributed by atoms with Crippen LogP contribution in [0.4, 0.5) is 0 Å². The van der Waals surface area contributed by atoms with E-state index in [-0.39, 0.29) is 35.5 Å². The highest BCUT2D eigenvalue weighted by Gasteiger charge is 2.07. The number of sulfone groups is 1. The van der Waals surface area contributed by atoms with Crippen LogP contribution in [0.3, 0.4) is 0 Å². The van der Waals surface area contributed by atoms with E-state index in [1.807, 2.05) is 24.3 Å². The van der Waals surface area contributed by atoms with Crippen LogP contribution in [0.1, 0.15) is 12.5 Å². The average Bonchev–Trinajstić information content (AvgIpc) is 2.51. The molecule has 0 aliphatic heterocycles. The van der Waals surface area contributed by atoms with E-state index < -0.39 is 9.84 Å². The minimum absolute atomic E-state index is 0. The summed E-state index contributed by atoms with van der Waals surface area (Å²) in [7, 11) is 0.321. The Morgan fingerprint density at radius 3 is 2.36 bits per heavy atom. The van der Waals surface area contributed by atoms with Gasteiger partial charge in [-0.15, -0.1) is 24.0 Å². The molecule has 1 aromatic carbocycles. The minimum atomic E-state index is -2.96. The Bertz CT molecular complexity index is 559. The zero-order valence-corrected chi connectivity index (χ0v) is 16.3. The van der Waals surface area contributed by atoms with Crippen LogP contribution in [0, 0.1) is 0 Å². The normalized spacial score (nSPS) is 11.5. The van der Waals surface area contributed by atoms with E-state index >= 15 is 0 Å². The molecule has 0 spiro atoms. The van der Waals surface area contributed by atoms with Gasteiger partial charge >= 0.3 is 0 Å². The van der Waals surface area contributed by atoms with Gasteiger partial charge in [-0.3, -0.25) is 4.99 Å². The van der Waals surface area contributed by atoms with Gasteiger partial charge in [0, 0.05) is 25.9 Å². The molecular weight excluding hydrogens is 417 g/mol. The van der Waals surface area contributed by atoms with Crippen molar-refractivity contribution < 1.29 is 13.2 Å². The maximum absolute atomic E-state index is 11.4. The SMILES string of the molecule is CCS(=O)(=O)CCNC(=NC)NCc1ccc(OC)cc1.I.